The van der Waals surface area contributed by atoms with E-state index in [1.807, 2.05) is 0 Å². The summed E-state index contributed by atoms with van der Waals surface area (Å²) in [6.45, 7) is 1.75. The van der Waals surface area contributed by atoms with Crippen molar-refractivity contribution in [3.8, 4) is 0 Å². The van der Waals surface area contributed by atoms with Gasteiger partial charge in [-0.3, -0.25) is 4.79 Å². The first kappa shape index (κ1) is 8.53. The van der Waals surface area contributed by atoms with Crippen LogP contribution in [0.5, 0.6) is 0 Å². The second-order valence-corrected chi connectivity index (χ2v) is 3.60. The number of hydrogen-bond acceptors (Lipinski definition) is 2. The maximum atomic E-state index is 10.7. The predicted octanol–water partition coefficient (Wildman–Crippen LogP) is 1.01. The zero-order valence-corrected chi connectivity index (χ0v) is 6.71. The normalized spacial score (nSPS) is 38.5. The summed E-state index contributed by atoms with van der Waals surface area (Å²) in [5, 5.41) is 17.9. The van der Waals surface area contributed by atoms with Gasteiger partial charge >= 0.3 is 5.97 Å². The van der Waals surface area contributed by atoms with Gasteiger partial charge in [0.2, 0.25) is 0 Å². The highest BCUT2D eigenvalue weighted by Crippen LogP contribution is 2.35. The molecule has 3 heteroatoms. The molecule has 0 aromatic carbocycles. The fourth-order valence-corrected chi connectivity index (χ4v) is 1.45. The molecule has 0 unspecified atom stereocenters. The van der Waals surface area contributed by atoms with E-state index in [2.05, 4.69) is 0 Å². The lowest BCUT2D eigenvalue weighted by Gasteiger charge is -2.31. The van der Waals surface area contributed by atoms with Crippen molar-refractivity contribution in [1.82, 2.24) is 0 Å². The minimum absolute atomic E-state index is 0.276. The van der Waals surface area contributed by atoms with Crippen molar-refractivity contribution in [3.63, 3.8) is 0 Å². The van der Waals surface area contributed by atoms with Crippen molar-refractivity contribution in [2.75, 3.05) is 0 Å². The van der Waals surface area contributed by atoms with Gasteiger partial charge in [-0.2, -0.15) is 0 Å². The van der Waals surface area contributed by atoms with Crippen molar-refractivity contribution in [3.05, 3.63) is 0 Å². The summed E-state index contributed by atoms with van der Waals surface area (Å²) in [6.07, 6.45) is 2.18. The average molecular weight is 158 g/mol. The van der Waals surface area contributed by atoms with E-state index in [0.717, 1.165) is 0 Å². The third-order valence-electron chi connectivity index (χ3n) is 2.57. The Morgan fingerprint density at radius 3 is 2.27 bits per heavy atom. The Labute approximate surface area is 66.0 Å². The monoisotopic (exact) mass is 158 g/mol. The summed E-state index contributed by atoms with van der Waals surface area (Å²) in [5.74, 6) is -0.732. The summed E-state index contributed by atoms with van der Waals surface area (Å²) >= 11 is 0. The maximum Gasteiger partial charge on any atom is 0.309 e. The number of carbonyl (C=O) groups is 1. The molecule has 0 atom stereocenters. The summed E-state index contributed by atoms with van der Waals surface area (Å²) in [7, 11) is 0. The van der Waals surface area contributed by atoms with Crippen LogP contribution in [0, 0.1) is 5.41 Å². The lowest BCUT2D eigenvalue weighted by molar-refractivity contribution is -0.150. The summed E-state index contributed by atoms with van der Waals surface area (Å²) in [5.41, 5.74) is -0.584. The summed E-state index contributed by atoms with van der Waals surface area (Å²) in [4.78, 5) is 10.7. The maximum absolute atomic E-state index is 10.7. The molecular formula is C8H14O3. The highest BCUT2D eigenvalue weighted by Gasteiger charge is 2.36. The van der Waals surface area contributed by atoms with Gasteiger partial charge in [0, 0.05) is 0 Å². The fraction of sp³-hybridized carbons (Fsp3) is 0.875. The average Bonchev–Trinajstić information content (AvgIpc) is 1.95. The Bertz CT molecular complexity index is 157. The van der Waals surface area contributed by atoms with Crippen molar-refractivity contribution < 1.29 is 15.0 Å². The van der Waals surface area contributed by atoms with Crippen LogP contribution < -0.4 is 0 Å². The second kappa shape index (κ2) is 2.81. The van der Waals surface area contributed by atoms with Gasteiger partial charge in [0.15, 0.2) is 0 Å². The molecule has 0 saturated heterocycles. The first-order valence-electron chi connectivity index (χ1n) is 3.96. The number of carboxylic acid groups (broad SMARTS) is 1. The number of carboxylic acids is 1. The molecule has 1 rings (SSSR count). The Morgan fingerprint density at radius 2 is 1.91 bits per heavy atom. The van der Waals surface area contributed by atoms with Crippen LogP contribution in [0.25, 0.3) is 0 Å². The molecule has 0 bridgehead atoms. The van der Waals surface area contributed by atoms with E-state index in [-0.39, 0.29) is 6.10 Å². The molecule has 1 fully saturated rings. The van der Waals surface area contributed by atoms with Crippen molar-refractivity contribution >= 4 is 5.97 Å². The van der Waals surface area contributed by atoms with Gasteiger partial charge in [-0.15, -0.1) is 0 Å². The third kappa shape index (κ3) is 1.71. The molecule has 0 heterocycles. The molecule has 0 radical (unpaired) electrons. The van der Waals surface area contributed by atoms with Crippen LogP contribution >= 0.6 is 0 Å². The van der Waals surface area contributed by atoms with Crippen LogP contribution in [0.1, 0.15) is 32.6 Å². The van der Waals surface area contributed by atoms with E-state index < -0.39 is 11.4 Å². The van der Waals surface area contributed by atoms with Crippen LogP contribution in [-0.2, 0) is 4.79 Å². The molecule has 1 aliphatic carbocycles. The molecular weight excluding hydrogens is 144 g/mol. The van der Waals surface area contributed by atoms with Crippen LogP contribution in [0.3, 0.4) is 0 Å². The molecule has 0 aromatic heterocycles. The lowest BCUT2D eigenvalue weighted by atomic mass is 9.75. The standard InChI is InChI=1S/C8H14O3/c1-8(7(10)11)4-2-6(9)3-5-8/h6,9H,2-5H2,1H3,(H,10,11)/t6-,8-. The molecule has 1 saturated carbocycles. The lowest BCUT2D eigenvalue weighted by Crippen LogP contribution is -2.33. The Morgan fingerprint density at radius 1 is 1.45 bits per heavy atom. The summed E-state index contributed by atoms with van der Waals surface area (Å²) < 4.78 is 0. The minimum atomic E-state index is -0.732. The van der Waals surface area contributed by atoms with Crippen molar-refractivity contribution in [1.29, 1.82) is 0 Å². The quantitative estimate of drug-likeness (QED) is 0.598. The van der Waals surface area contributed by atoms with E-state index >= 15 is 0 Å². The zero-order chi connectivity index (χ0) is 8.48. The number of aliphatic carboxylic acids is 1. The van der Waals surface area contributed by atoms with Gasteiger partial charge in [0.1, 0.15) is 0 Å². The van der Waals surface area contributed by atoms with E-state index in [1.165, 1.54) is 0 Å². The first-order chi connectivity index (χ1) is 5.04. The van der Waals surface area contributed by atoms with Gasteiger partial charge in [-0.05, 0) is 32.6 Å². The van der Waals surface area contributed by atoms with Crippen LogP contribution in [0.15, 0.2) is 0 Å². The van der Waals surface area contributed by atoms with E-state index in [1.54, 1.807) is 6.92 Å². The van der Waals surface area contributed by atoms with Gasteiger partial charge in [-0.1, -0.05) is 0 Å². The van der Waals surface area contributed by atoms with Crippen LogP contribution in [0.2, 0.25) is 0 Å². The SMILES string of the molecule is C[C@]1(C(=O)O)CC[C@H](O)CC1. The number of aliphatic hydroxyl groups excluding tert-OH is 1. The van der Waals surface area contributed by atoms with Gasteiger partial charge in [0.25, 0.3) is 0 Å². The number of hydrogen-bond donors (Lipinski definition) is 2. The van der Waals surface area contributed by atoms with Gasteiger partial charge in [-0.25, -0.2) is 0 Å². The van der Waals surface area contributed by atoms with E-state index in [9.17, 15) is 4.79 Å². The predicted molar refractivity (Wildman–Crippen MR) is 40.2 cm³/mol. The molecule has 0 spiro atoms. The molecule has 2 N–H and O–H groups in total. The van der Waals surface area contributed by atoms with Crippen molar-refractivity contribution in [2.24, 2.45) is 5.41 Å². The second-order valence-electron chi connectivity index (χ2n) is 3.60. The van der Waals surface area contributed by atoms with Crippen LogP contribution in [-0.4, -0.2) is 22.3 Å². The highest BCUT2D eigenvalue weighted by atomic mass is 16.4. The summed E-state index contributed by atoms with van der Waals surface area (Å²) in [6, 6.07) is 0. The topological polar surface area (TPSA) is 57.5 Å². The molecule has 0 amide bonds. The molecule has 11 heavy (non-hydrogen) atoms. The number of aliphatic hydroxyl groups is 1. The van der Waals surface area contributed by atoms with Gasteiger partial charge in [0.05, 0.1) is 11.5 Å². The molecule has 0 aliphatic heterocycles. The van der Waals surface area contributed by atoms with Crippen LogP contribution in [0.4, 0.5) is 0 Å². The van der Waals surface area contributed by atoms with Crippen molar-refractivity contribution in [2.45, 2.75) is 38.7 Å². The smallest absolute Gasteiger partial charge is 0.309 e. The minimum Gasteiger partial charge on any atom is -0.481 e. The largest absolute Gasteiger partial charge is 0.481 e. The Hall–Kier alpha value is -0.570. The van der Waals surface area contributed by atoms with E-state index in [0.29, 0.717) is 25.7 Å². The third-order valence-corrected chi connectivity index (χ3v) is 2.57. The molecule has 64 valence electrons. The number of rotatable bonds is 1. The molecule has 0 aromatic rings. The van der Waals surface area contributed by atoms with E-state index in [4.69, 9.17) is 10.2 Å². The van der Waals surface area contributed by atoms with Gasteiger partial charge < -0.3 is 10.2 Å². The first-order valence-corrected chi connectivity index (χ1v) is 3.96. The Balaban J connectivity index is 2.55. The Kier molecular flexibility index (Phi) is 2.18. The molecule has 3 nitrogen and oxygen atoms in total. The fourth-order valence-electron chi connectivity index (χ4n) is 1.45. The zero-order valence-electron chi connectivity index (χ0n) is 6.71. The highest BCUT2D eigenvalue weighted by molar-refractivity contribution is 5.74. The molecule has 1 aliphatic rings.